The molecular weight excluding hydrogens is 318 g/mol. The van der Waals surface area contributed by atoms with Crippen LogP contribution in [0.1, 0.15) is 38.0 Å². The molecule has 0 radical (unpaired) electrons. The molecule has 1 atom stereocenters. The molecule has 0 amide bonds. The minimum Gasteiger partial charge on any atom is -0.508 e. The van der Waals surface area contributed by atoms with Crippen molar-refractivity contribution < 1.29 is 32.9 Å². The average molecular weight is 341 g/mol. The van der Waals surface area contributed by atoms with Crippen molar-refractivity contribution in [3.8, 4) is 5.75 Å². The van der Waals surface area contributed by atoms with Crippen molar-refractivity contribution in [3.63, 3.8) is 0 Å². The number of hydrogen-bond donors (Lipinski definition) is 4. The Morgan fingerprint density at radius 3 is 2.00 bits per heavy atom. The van der Waals surface area contributed by atoms with Gasteiger partial charge in [-0.05, 0) is 38.5 Å². The first-order valence-corrected chi connectivity index (χ1v) is 6.90. The van der Waals surface area contributed by atoms with Gasteiger partial charge in [0, 0.05) is 17.6 Å². The number of aromatic hydroxyl groups is 1. The molecule has 4 N–H and O–H groups in total. The van der Waals surface area contributed by atoms with Crippen molar-refractivity contribution in [2.75, 3.05) is 6.54 Å². The van der Waals surface area contributed by atoms with E-state index >= 15 is 0 Å². The smallest absolute Gasteiger partial charge is 0.298 e. The molecule has 1 aromatic rings. The number of rotatable bonds is 5. The second-order valence-electron chi connectivity index (χ2n) is 5.86. The van der Waals surface area contributed by atoms with Gasteiger partial charge in [0.25, 0.3) is 12.9 Å². The van der Waals surface area contributed by atoms with Crippen molar-refractivity contribution in [2.24, 2.45) is 0 Å². The Balaban J connectivity index is 0.000000688. The Morgan fingerprint density at radius 2 is 1.61 bits per heavy atom. The maximum absolute atomic E-state index is 10.4. The van der Waals surface area contributed by atoms with Gasteiger partial charge in [-0.3, -0.25) is 0 Å². The van der Waals surface area contributed by atoms with Crippen LogP contribution in [-0.4, -0.2) is 40.3 Å². The van der Waals surface area contributed by atoms with E-state index in [9.17, 15) is 27.8 Å². The molecule has 0 heterocycles. The maximum atomic E-state index is 10.4. The molecule has 0 aromatic heterocycles. The van der Waals surface area contributed by atoms with Gasteiger partial charge in [-0.2, -0.15) is 0 Å². The fourth-order valence-electron chi connectivity index (χ4n) is 1.46. The summed E-state index contributed by atoms with van der Waals surface area (Å²) in [5, 5.41) is 31.6. The highest BCUT2D eigenvalue weighted by Crippen LogP contribution is 2.22. The third kappa shape index (κ3) is 9.37. The summed E-state index contributed by atoms with van der Waals surface area (Å²) < 4.78 is 41.6. The van der Waals surface area contributed by atoms with Gasteiger partial charge in [-0.1, -0.05) is 6.07 Å². The van der Waals surface area contributed by atoms with Crippen LogP contribution < -0.4 is 5.32 Å². The fourth-order valence-corrected chi connectivity index (χ4v) is 1.46. The van der Waals surface area contributed by atoms with E-state index in [-0.39, 0.29) is 17.9 Å². The zero-order chi connectivity index (χ0) is 18.2. The lowest BCUT2D eigenvalue weighted by molar-refractivity contribution is -0.0278. The lowest BCUT2D eigenvalue weighted by Gasteiger charge is -2.23. The molecule has 0 aliphatic rings. The van der Waals surface area contributed by atoms with E-state index in [1.165, 1.54) is 6.07 Å². The van der Waals surface area contributed by atoms with Gasteiger partial charge in [0.1, 0.15) is 5.75 Å². The summed E-state index contributed by atoms with van der Waals surface area (Å²) in [6, 6.07) is 4.76. The molecule has 0 aliphatic heterocycles. The van der Waals surface area contributed by atoms with Crippen LogP contribution >= 0.6 is 0 Å². The first kappa shape index (κ1) is 21.6. The molecule has 0 fully saturated rings. The molecule has 1 unspecified atom stereocenters. The third-order valence-corrected chi connectivity index (χ3v) is 2.67. The monoisotopic (exact) mass is 341 g/mol. The highest BCUT2D eigenvalue weighted by atomic mass is 19.3. The van der Waals surface area contributed by atoms with E-state index in [1.807, 2.05) is 20.8 Å². The van der Waals surface area contributed by atoms with Crippen molar-refractivity contribution in [3.05, 3.63) is 29.3 Å². The number of alkyl halides is 4. The Morgan fingerprint density at radius 1 is 1.09 bits per heavy atom. The number of benzene rings is 1. The van der Waals surface area contributed by atoms with E-state index in [4.69, 9.17) is 5.11 Å². The number of aliphatic hydroxyl groups is 2. The van der Waals surface area contributed by atoms with Crippen LogP contribution in [0.3, 0.4) is 0 Å². The minimum atomic E-state index is -3.48. The van der Waals surface area contributed by atoms with Gasteiger partial charge in [0.05, 0.1) is 12.7 Å². The zero-order valence-corrected chi connectivity index (χ0v) is 13.2. The topological polar surface area (TPSA) is 72.7 Å². The third-order valence-electron chi connectivity index (χ3n) is 2.67. The summed E-state index contributed by atoms with van der Waals surface area (Å²) >= 11 is 0. The summed E-state index contributed by atoms with van der Waals surface area (Å²) in [5.41, 5.74) is 1.05. The lowest BCUT2D eigenvalue weighted by atomic mass is 10.0. The second kappa shape index (κ2) is 9.69. The number of phenols is 1. The predicted octanol–water partition coefficient (Wildman–Crippen LogP) is 2.82. The number of β-amino-alcohol motifs (C(OH)–C–C–N with tert-alkyl or cyclic N) is 1. The van der Waals surface area contributed by atoms with Crippen molar-refractivity contribution in [1.29, 1.82) is 0 Å². The predicted molar refractivity (Wildman–Crippen MR) is 78.8 cm³/mol. The number of halogens is 4. The minimum absolute atomic E-state index is 0.0484. The molecule has 0 spiro atoms. The van der Waals surface area contributed by atoms with Gasteiger partial charge in [-0.15, -0.1) is 0 Å². The molecular formula is C15H23F4NO3. The summed E-state index contributed by atoms with van der Waals surface area (Å²) in [7, 11) is 0. The Kier molecular flexibility index (Phi) is 9.11. The van der Waals surface area contributed by atoms with E-state index in [2.05, 4.69) is 5.32 Å². The van der Waals surface area contributed by atoms with Gasteiger partial charge >= 0.3 is 0 Å². The highest BCUT2D eigenvalue weighted by molar-refractivity contribution is 5.36. The quantitative estimate of drug-likeness (QED) is 0.622. The number of hydrogen-bond acceptors (Lipinski definition) is 4. The Bertz CT molecular complexity index is 459. The van der Waals surface area contributed by atoms with E-state index in [1.54, 1.807) is 12.1 Å². The summed E-state index contributed by atoms with van der Waals surface area (Å²) in [6.45, 7) is 6.26. The molecule has 0 saturated heterocycles. The lowest BCUT2D eigenvalue weighted by Crippen LogP contribution is -2.38. The number of nitrogens with one attached hydrogen (secondary N) is 1. The van der Waals surface area contributed by atoms with Gasteiger partial charge in [0.2, 0.25) is 0 Å². The summed E-state index contributed by atoms with van der Waals surface area (Å²) in [4.78, 5) is 0. The molecule has 134 valence electrons. The van der Waals surface area contributed by atoms with Crippen LogP contribution in [0, 0.1) is 0 Å². The Labute approximate surface area is 132 Å². The molecule has 1 aromatic carbocycles. The van der Waals surface area contributed by atoms with Crippen molar-refractivity contribution >= 4 is 0 Å². The van der Waals surface area contributed by atoms with Gasteiger partial charge < -0.3 is 20.6 Å². The first-order valence-electron chi connectivity index (χ1n) is 6.90. The SMILES string of the molecule is CC(C)(C)NCC(O)c1ccc(O)c(CO)c1.FC(F)C(F)F. The number of aliphatic hydroxyl groups excluding tert-OH is 2. The summed E-state index contributed by atoms with van der Waals surface area (Å²) in [6.07, 6.45) is -7.62. The van der Waals surface area contributed by atoms with Crippen LogP contribution in [0.2, 0.25) is 0 Å². The van der Waals surface area contributed by atoms with Gasteiger partial charge in [-0.25, -0.2) is 17.6 Å². The summed E-state index contributed by atoms with van der Waals surface area (Å²) in [5.74, 6) is 0.0484. The van der Waals surface area contributed by atoms with E-state index < -0.39 is 19.0 Å². The fraction of sp³-hybridized carbons (Fsp3) is 0.600. The Hall–Kier alpha value is -1.38. The van der Waals surface area contributed by atoms with Crippen LogP contribution in [0.25, 0.3) is 0 Å². The van der Waals surface area contributed by atoms with Crippen LogP contribution in [-0.2, 0) is 6.61 Å². The molecule has 8 heteroatoms. The average Bonchev–Trinajstić information content (AvgIpc) is 2.45. The molecule has 4 nitrogen and oxygen atoms in total. The molecule has 0 aliphatic carbocycles. The molecule has 1 rings (SSSR count). The molecule has 23 heavy (non-hydrogen) atoms. The van der Waals surface area contributed by atoms with Crippen LogP contribution in [0.4, 0.5) is 17.6 Å². The van der Waals surface area contributed by atoms with Crippen LogP contribution in [0.15, 0.2) is 18.2 Å². The second-order valence-corrected chi connectivity index (χ2v) is 5.86. The molecule has 0 bridgehead atoms. The zero-order valence-electron chi connectivity index (χ0n) is 13.2. The maximum Gasteiger partial charge on any atom is 0.298 e. The first-order chi connectivity index (χ1) is 10.5. The van der Waals surface area contributed by atoms with Crippen molar-refractivity contribution in [1.82, 2.24) is 5.32 Å². The van der Waals surface area contributed by atoms with Gasteiger partial charge in [0.15, 0.2) is 0 Å². The van der Waals surface area contributed by atoms with Crippen molar-refractivity contribution in [2.45, 2.75) is 51.9 Å². The largest absolute Gasteiger partial charge is 0.508 e. The van der Waals surface area contributed by atoms with E-state index in [0.29, 0.717) is 17.7 Å². The van der Waals surface area contributed by atoms with E-state index in [0.717, 1.165) is 0 Å². The standard InChI is InChI=1S/C13H21NO3.C2H2F4/c1-13(2,3)14-7-12(17)9-4-5-11(16)10(6-9)8-15;3-1(4)2(5)6/h4-6,12,14-17H,7-8H2,1-3H3;1-2H. The van der Waals surface area contributed by atoms with Crippen LogP contribution in [0.5, 0.6) is 5.75 Å². The normalized spacial score (nSPS) is 13.0. The molecule has 0 saturated carbocycles. The highest BCUT2D eigenvalue weighted by Gasteiger charge is 2.16.